The Bertz CT molecular complexity index is 567. The van der Waals surface area contributed by atoms with Crippen molar-refractivity contribution in [2.24, 2.45) is 23.7 Å². The molecule has 0 amide bonds. The third-order valence-electron chi connectivity index (χ3n) is 6.85. The molecule has 4 rings (SSSR count). The fraction of sp³-hybridized carbons (Fsp3) is 0.714. The highest BCUT2D eigenvalue weighted by Gasteiger charge is 2.50. The second-order valence-corrected chi connectivity index (χ2v) is 8.79. The lowest BCUT2D eigenvalue weighted by molar-refractivity contribution is 0.00204. The van der Waals surface area contributed by atoms with E-state index < -0.39 is 0 Å². The van der Waals surface area contributed by atoms with Crippen LogP contribution in [0.4, 0.5) is 0 Å². The maximum absolute atomic E-state index is 10.0. The molecule has 126 valence electrons. The minimum atomic E-state index is 0.288. The van der Waals surface area contributed by atoms with Gasteiger partial charge in [-0.1, -0.05) is 26.0 Å². The fourth-order valence-electron chi connectivity index (χ4n) is 5.69. The summed E-state index contributed by atoms with van der Waals surface area (Å²) in [4.78, 5) is 2.75. The summed E-state index contributed by atoms with van der Waals surface area (Å²) in [7, 11) is 0. The van der Waals surface area contributed by atoms with Crippen LogP contribution >= 0.6 is 0 Å². The molecule has 0 unspecified atom stereocenters. The quantitative estimate of drug-likeness (QED) is 0.892. The van der Waals surface area contributed by atoms with Gasteiger partial charge in [0.05, 0.1) is 0 Å². The smallest absolute Gasteiger partial charge is 0.115 e. The highest BCUT2D eigenvalue weighted by Crippen LogP contribution is 2.53. The average molecular weight is 313 g/mol. The van der Waals surface area contributed by atoms with E-state index in [2.05, 4.69) is 24.8 Å². The molecular formula is C21H31NO. The van der Waals surface area contributed by atoms with Gasteiger partial charge in [-0.15, -0.1) is 0 Å². The van der Waals surface area contributed by atoms with Gasteiger partial charge in [0.1, 0.15) is 5.75 Å². The van der Waals surface area contributed by atoms with E-state index in [0.717, 1.165) is 23.7 Å². The Hall–Kier alpha value is -1.02. The van der Waals surface area contributed by atoms with Crippen LogP contribution in [0.1, 0.15) is 51.5 Å². The first-order valence-electron chi connectivity index (χ1n) is 9.59. The van der Waals surface area contributed by atoms with Crippen LogP contribution in [0, 0.1) is 23.7 Å². The van der Waals surface area contributed by atoms with Gasteiger partial charge in [-0.2, -0.15) is 0 Å². The molecule has 2 nitrogen and oxygen atoms in total. The van der Waals surface area contributed by atoms with Gasteiger partial charge in [-0.3, -0.25) is 0 Å². The lowest BCUT2D eigenvalue weighted by atomic mass is 9.54. The third kappa shape index (κ3) is 2.91. The normalized spacial score (nSPS) is 38.3. The number of phenolic OH excluding ortho intramolecular Hbond substituents is 1. The van der Waals surface area contributed by atoms with Gasteiger partial charge < -0.3 is 10.0 Å². The molecule has 2 heteroatoms. The molecule has 0 aromatic heterocycles. The van der Waals surface area contributed by atoms with Crippen LogP contribution in [-0.4, -0.2) is 29.6 Å². The molecule has 0 radical (unpaired) electrons. The summed E-state index contributed by atoms with van der Waals surface area (Å²) in [5, 5.41) is 10.0. The number of phenols is 1. The van der Waals surface area contributed by atoms with E-state index in [1.54, 1.807) is 0 Å². The zero-order valence-corrected chi connectivity index (χ0v) is 14.7. The van der Waals surface area contributed by atoms with Crippen molar-refractivity contribution in [3.05, 3.63) is 29.8 Å². The lowest BCUT2D eigenvalue weighted by Gasteiger charge is -2.55. The zero-order chi connectivity index (χ0) is 16.0. The summed E-state index contributed by atoms with van der Waals surface area (Å²) in [6, 6.07) is 8.17. The maximum atomic E-state index is 10.0. The van der Waals surface area contributed by atoms with Gasteiger partial charge in [0.15, 0.2) is 0 Å². The van der Waals surface area contributed by atoms with E-state index >= 15 is 0 Å². The number of hydrogen-bond acceptors (Lipinski definition) is 2. The number of rotatable bonds is 3. The lowest BCUT2D eigenvalue weighted by Crippen LogP contribution is -2.55. The Morgan fingerprint density at radius 2 is 2.09 bits per heavy atom. The number of piperidine rings is 1. The predicted octanol–water partition coefficient (Wildman–Crippen LogP) is 4.43. The highest BCUT2D eigenvalue weighted by atomic mass is 16.3. The molecule has 0 spiro atoms. The third-order valence-corrected chi connectivity index (χ3v) is 6.85. The molecule has 1 heterocycles. The van der Waals surface area contributed by atoms with E-state index in [1.165, 1.54) is 57.3 Å². The van der Waals surface area contributed by atoms with Gasteiger partial charge in [-0.25, -0.2) is 0 Å². The largest absolute Gasteiger partial charge is 0.508 e. The number of likely N-dealkylation sites (tertiary alicyclic amines) is 1. The Kier molecular flexibility index (Phi) is 3.91. The molecule has 3 fully saturated rings. The van der Waals surface area contributed by atoms with Crippen molar-refractivity contribution >= 4 is 0 Å². The van der Waals surface area contributed by atoms with Crippen LogP contribution in [0.25, 0.3) is 0 Å². The van der Waals surface area contributed by atoms with E-state index in [0.29, 0.717) is 5.75 Å². The maximum Gasteiger partial charge on any atom is 0.115 e. The molecule has 0 bridgehead atoms. The molecule has 3 aliphatic rings. The monoisotopic (exact) mass is 313 g/mol. The van der Waals surface area contributed by atoms with Gasteiger partial charge in [0.25, 0.3) is 0 Å². The highest BCUT2D eigenvalue weighted by molar-refractivity contribution is 5.35. The van der Waals surface area contributed by atoms with E-state index in [4.69, 9.17) is 0 Å². The summed E-state index contributed by atoms with van der Waals surface area (Å²) in [5.41, 5.74) is 1.68. The van der Waals surface area contributed by atoms with Crippen molar-refractivity contribution in [2.75, 3.05) is 19.6 Å². The summed E-state index contributed by atoms with van der Waals surface area (Å²) in [6.45, 7) is 8.73. The standard InChI is InChI=1S/C21H31NO/c1-15-10-16(2)20-14-22(13-17-6-7-17)9-8-21(20,12-15)18-4-3-5-19(23)11-18/h3-5,11,15-17,20,23H,6-10,12-14H2,1-2H3/t15-,16-,20-,21-/m1/s1. The van der Waals surface area contributed by atoms with Crippen molar-refractivity contribution in [3.63, 3.8) is 0 Å². The first kappa shape index (κ1) is 15.5. The first-order chi connectivity index (χ1) is 11.1. The van der Waals surface area contributed by atoms with Crippen LogP contribution in [0.15, 0.2) is 24.3 Å². The van der Waals surface area contributed by atoms with Crippen LogP contribution in [0.2, 0.25) is 0 Å². The predicted molar refractivity (Wildman–Crippen MR) is 94.6 cm³/mol. The molecule has 2 saturated carbocycles. The van der Waals surface area contributed by atoms with E-state index in [1.807, 2.05) is 18.2 Å². The molecule has 23 heavy (non-hydrogen) atoms. The van der Waals surface area contributed by atoms with Gasteiger partial charge in [-0.05, 0) is 80.0 Å². The van der Waals surface area contributed by atoms with Crippen LogP contribution in [0.3, 0.4) is 0 Å². The Morgan fingerprint density at radius 3 is 2.83 bits per heavy atom. The second-order valence-electron chi connectivity index (χ2n) is 8.79. The molecule has 1 aliphatic heterocycles. The van der Waals surface area contributed by atoms with E-state index in [9.17, 15) is 5.11 Å². The summed E-state index contributed by atoms with van der Waals surface area (Å²) >= 11 is 0. The molecule has 1 saturated heterocycles. The average Bonchev–Trinajstić information content (AvgIpc) is 3.32. The first-order valence-corrected chi connectivity index (χ1v) is 9.59. The summed E-state index contributed by atoms with van der Waals surface area (Å²) in [5.74, 6) is 3.73. The molecule has 1 aromatic rings. The summed E-state index contributed by atoms with van der Waals surface area (Å²) in [6.07, 6.45) is 6.82. The Morgan fingerprint density at radius 1 is 1.26 bits per heavy atom. The number of benzene rings is 1. The van der Waals surface area contributed by atoms with Gasteiger partial charge >= 0.3 is 0 Å². The molecule has 2 aliphatic carbocycles. The van der Waals surface area contributed by atoms with Crippen molar-refractivity contribution in [3.8, 4) is 5.75 Å². The SMILES string of the molecule is C[C@@H]1C[C@@H](C)[C@H]2CN(CC3CC3)CC[C@]2(c2cccc(O)c2)C1. The molecule has 1 N–H and O–H groups in total. The van der Waals surface area contributed by atoms with Crippen molar-refractivity contribution in [1.82, 2.24) is 4.90 Å². The van der Waals surface area contributed by atoms with E-state index in [-0.39, 0.29) is 5.41 Å². The number of hydrogen-bond donors (Lipinski definition) is 1. The zero-order valence-electron chi connectivity index (χ0n) is 14.7. The molecular weight excluding hydrogens is 282 g/mol. The van der Waals surface area contributed by atoms with Crippen LogP contribution < -0.4 is 0 Å². The van der Waals surface area contributed by atoms with Crippen molar-refractivity contribution in [1.29, 1.82) is 0 Å². The Balaban J connectivity index is 1.65. The minimum Gasteiger partial charge on any atom is -0.508 e. The van der Waals surface area contributed by atoms with Crippen LogP contribution in [0.5, 0.6) is 5.75 Å². The van der Waals surface area contributed by atoms with Gasteiger partial charge in [0, 0.05) is 18.5 Å². The van der Waals surface area contributed by atoms with Crippen LogP contribution in [-0.2, 0) is 5.41 Å². The minimum absolute atomic E-state index is 0.288. The molecule has 1 aromatic carbocycles. The second kappa shape index (κ2) is 5.81. The topological polar surface area (TPSA) is 23.5 Å². The molecule has 4 atom stereocenters. The summed E-state index contributed by atoms with van der Waals surface area (Å²) < 4.78 is 0. The van der Waals surface area contributed by atoms with Crippen molar-refractivity contribution < 1.29 is 5.11 Å². The number of nitrogens with zero attached hydrogens (tertiary/aromatic N) is 1. The fourth-order valence-corrected chi connectivity index (χ4v) is 5.69. The number of fused-ring (bicyclic) bond motifs is 1. The van der Waals surface area contributed by atoms with Gasteiger partial charge in [0.2, 0.25) is 0 Å². The van der Waals surface area contributed by atoms with Crippen molar-refractivity contribution in [2.45, 2.75) is 51.4 Å². The number of aromatic hydroxyl groups is 1. The Labute approximate surface area is 140 Å².